The van der Waals surface area contributed by atoms with Gasteiger partial charge in [-0.2, -0.15) is 0 Å². The van der Waals surface area contributed by atoms with Crippen molar-refractivity contribution in [3.05, 3.63) is 33.8 Å². The molecule has 1 N–H and O–H groups in total. The standard InChI is InChI=1S/C16H21BrO2/c1-11-3-4-14(17)13(9-11)15(18)12-5-8-19-16(10-12)6-2-7-16/h3-4,9,12,15,18H,2,5-8,10H2,1H3. The van der Waals surface area contributed by atoms with Crippen LogP contribution in [0.15, 0.2) is 22.7 Å². The van der Waals surface area contributed by atoms with Crippen LogP contribution in [0.2, 0.25) is 0 Å². The second-order valence-electron chi connectivity index (χ2n) is 6.11. The minimum Gasteiger partial charge on any atom is -0.388 e. The molecule has 0 radical (unpaired) electrons. The van der Waals surface area contributed by atoms with E-state index in [-0.39, 0.29) is 11.7 Å². The molecule has 3 heteroatoms. The Bertz CT molecular complexity index is 468. The summed E-state index contributed by atoms with van der Waals surface area (Å²) in [4.78, 5) is 0. The third-order valence-corrected chi connectivity index (χ3v) is 5.43. The monoisotopic (exact) mass is 324 g/mol. The van der Waals surface area contributed by atoms with Crippen LogP contribution in [-0.4, -0.2) is 17.3 Å². The van der Waals surface area contributed by atoms with Crippen molar-refractivity contribution in [1.82, 2.24) is 0 Å². The van der Waals surface area contributed by atoms with E-state index in [4.69, 9.17) is 4.74 Å². The fourth-order valence-electron chi connectivity index (χ4n) is 3.40. The normalized spacial score (nSPS) is 27.0. The fourth-order valence-corrected chi connectivity index (χ4v) is 3.88. The van der Waals surface area contributed by atoms with Crippen LogP contribution < -0.4 is 0 Å². The number of hydrogen-bond donors (Lipinski definition) is 1. The highest BCUT2D eigenvalue weighted by Gasteiger charge is 2.44. The van der Waals surface area contributed by atoms with E-state index in [0.29, 0.717) is 5.92 Å². The number of halogens is 1. The molecule has 2 aliphatic rings. The topological polar surface area (TPSA) is 29.5 Å². The van der Waals surface area contributed by atoms with Crippen molar-refractivity contribution in [3.63, 3.8) is 0 Å². The molecule has 2 unspecified atom stereocenters. The van der Waals surface area contributed by atoms with Gasteiger partial charge in [0.05, 0.1) is 11.7 Å². The summed E-state index contributed by atoms with van der Waals surface area (Å²) >= 11 is 3.57. The average Bonchev–Trinajstić information content (AvgIpc) is 2.39. The predicted molar refractivity (Wildman–Crippen MR) is 79.1 cm³/mol. The smallest absolute Gasteiger partial charge is 0.0831 e. The number of rotatable bonds is 2. The van der Waals surface area contributed by atoms with E-state index in [2.05, 4.69) is 35.0 Å². The Morgan fingerprint density at radius 3 is 2.89 bits per heavy atom. The predicted octanol–water partition coefficient (Wildman–Crippen LogP) is 4.14. The van der Waals surface area contributed by atoms with E-state index in [1.54, 1.807) is 0 Å². The Balaban J connectivity index is 1.79. The maximum atomic E-state index is 10.7. The molecule has 1 saturated carbocycles. The summed E-state index contributed by atoms with van der Waals surface area (Å²) in [6, 6.07) is 6.20. The van der Waals surface area contributed by atoms with Gasteiger partial charge in [-0.15, -0.1) is 0 Å². The van der Waals surface area contributed by atoms with Crippen LogP contribution in [-0.2, 0) is 4.74 Å². The van der Waals surface area contributed by atoms with Gasteiger partial charge >= 0.3 is 0 Å². The summed E-state index contributed by atoms with van der Waals surface area (Å²) < 4.78 is 6.96. The molecule has 2 fully saturated rings. The van der Waals surface area contributed by atoms with Gasteiger partial charge in [-0.25, -0.2) is 0 Å². The largest absolute Gasteiger partial charge is 0.388 e. The summed E-state index contributed by atoms with van der Waals surface area (Å²) in [7, 11) is 0. The van der Waals surface area contributed by atoms with Crippen LogP contribution in [0.25, 0.3) is 0 Å². The molecule has 3 rings (SSSR count). The number of ether oxygens (including phenoxy) is 1. The maximum absolute atomic E-state index is 10.7. The van der Waals surface area contributed by atoms with Crippen molar-refractivity contribution in [2.75, 3.05) is 6.61 Å². The maximum Gasteiger partial charge on any atom is 0.0831 e. The second-order valence-corrected chi connectivity index (χ2v) is 6.96. The van der Waals surface area contributed by atoms with E-state index in [9.17, 15) is 5.11 Å². The molecule has 1 spiro atoms. The molecule has 0 aromatic heterocycles. The quantitative estimate of drug-likeness (QED) is 0.885. The molecule has 0 amide bonds. The van der Waals surface area contributed by atoms with Crippen molar-refractivity contribution in [1.29, 1.82) is 0 Å². The van der Waals surface area contributed by atoms with Gasteiger partial charge in [0, 0.05) is 11.1 Å². The molecule has 1 aromatic carbocycles. The zero-order chi connectivity index (χ0) is 13.5. The summed E-state index contributed by atoms with van der Waals surface area (Å²) in [5.41, 5.74) is 2.32. The molecule has 1 aliphatic heterocycles. The van der Waals surface area contributed by atoms with Crippen LogP contribution in [0.1, 0.15) is 49.3 Å². The van der Waals surface area contributed by atoms with Crippen molar-refractivity contribution in [2.45, 2.75) is 50.7 Å². The summed E-state index contributed by atoms with van der Waals surface area (Å²) in [5, 5.41) is 10.7. The fraction of sp³-hybridized carbons (Fsp3) is 0.625. The third kappa shape index (κ3) is 2.61. The SMILES string of the molecule is Cc1ccc(Br)c(C(O)C2CCOC3(CCC3)C2)c1. The molecule has 1 heterocycles. The van der Waals surface area contributed by atoms with Gasteiger partial charge in [0.1, 0.15) is 0 Å². The lowest BCUT2D eigenvalue weighted by Gasteiger charge is -2.48. The first kappa shape index (κ1) is 13.6. The van der Waals surface area contributed by atoms with Crippen molar-refractivity contribution in [2.24, 2.45) is 5.92 Å². The van der Waals surface area contributed by atoms with Gasteiger partial charge in [0.25, 0.3) is 0 Å². The average molecular weight is 325 g/mol. The van der Waals surface area contributed by atoms with E-state index in [0.717, 1.165) is 29.5 Å². The first-order valence-electron chi connectivity index (χ1n) is 7.18. The Labute approximate surface area is 123 Å². The highest BCUT2D eigenvalue weighted by molar-refractivity contribution is 9.10. The Morgan fingerprint density at radius 2 is 2.21 bits per heavy atom. The van der Waals surface area contributed by atoms with Crippen LogP contribution in [0.5, 0.6) is 0 Å². The molecule has 1 aromatic rings. The third-order valence-electron chi connectivity index (χ3n) is 4.71. The minimum absolute atomic E-state index is 0.0974. The molecule has 104 valence electrons. The van der Waals surface area contributed by atoms with Crippen LogP contribution >= 0.6 is 15.9 Å². The molecular formula is C16H21BrO2. The molecular weight excluding hydrogens is 304 g/mol. The summed E-state index contributed by atoms with van der Waals surface area (Å²) in [5.74, 6) is 0.326. The zero-order valence-electron chi connectivity index (χ0n) is 11.4. The highest BCUT2D eigenvalue weighted by Crippen LogP contribution is 2.47. The van der Waals surface area contributed by atoms with Crippen molar-refractivity contribution < 1.29 is 9.84 Å². The first-order chi connectivity index (χ1) is 9.10. The van der Waals surface area contributed by atoms with E-state index >= 15 is 0 Å². The van der Waals surface area contributed by atoms with E-state index < -0.39 is 0 Å². The molecule has 19 heavy (non-hydrogen) atoms. The lowest BCUT2D eigenvalue weighted by atomic mass is 9.70. The second kappa shape index (κ2) is 5.19. The van der Waals surface area contributed by atoms with Gasteiger partial charge in [0.15, 0.2) is 0 Å². The van der Waals surface area contributed by atoms with Crippen LogP contribution in [0.3, 0.4) is 0 Å². The van der Waals surface area contributed by atoms with Crippen LogP contribution in [0.4, 0.5) is 0 Å². The van der Waals surface area contributed by atoms with Gasteiger partial charge in [-0.05, 0) is 56.6 Å². The minimum atomic E-state index is -0.379. The van der Waals surface area contributed by atoms with E-state index in [1.165, 1.54) is 24.8 Å². The van der Waals surface area contributed by atoms with E-state index in [1.807, 2.05) is 6.07 Å². The van der Waals surface area contributed by atoms with Gasteiger partial charge in [-0.1, -0.05) is 33.6 Å². The Kier molecular flexibility index (Phi) is 3.71. The highest BCUT2D eigenvalue weighted by atomic mass is 79.9. The van der Waals surface area contributed by atoms with Crippen molar-refractivity contribution in [3.8, 4) is 0 Å². The van der Waals surface area contributed by atoms with Gasteiger partial charge < -0.3 is 9.84 Å². The first-order valence-corrected chi connectivity index (χ1v) is 7.97. The number of benzene rings is 1. The lowest BCUT2D eigenvalue weighted by molar-refractivity contribution is -0.157. The summed E-state index contributed by atoms with van der Waals surface area (Å²) in [6.45, 7) is 2.87. The Morgan fingerprint density at radius 1 is 1.42 bits per heavy atom. The molecule has 2 atom stereocenters. The van der Waals surface area contributed by atoms with Crippen LogP contribution in [0, 0.1) is 12.8 Å². The summed E-state index contributed by atoms with van der Waals surface area (Å²) in [6.07, 6.45) is 5.21. The van der Waals surface area contributed by atoms with Crippen molar-refractivity contribution >= 4 is 15.9 Å². The molecule has 1 aliphatic carbocycles. The Hall–Kier alpha value is -0.380. The van der Waals surface area contributed by atoms with Gasteiger partial charge in [-0.3, -0.25) is 0 Å². The molecule has 1 saturated heterocycles. The number of aliphatic hydroxyl groups is 1. The number of hydrogen-bond acceptors (Lipinski definition) is 2. The number of aliphatic hydroxyl groups excluding tert-OH is 1. The van der Waals surface area contributed by atoms with Gasteiger partial charge in [0.2, 0.25) is 0 Å². The zero-order valence-corrected chi connectivity index (χ0v) is 12.9. The number of aryl methyl sites for hydroxylation is 1. The molecule has 2 nitrogen and oxygen atoms in total. The molecule has 0 bridgehead atoms. The lowest BCUT2D eigenvalue weighted by Crippen LogP contribution is -2.46.